The summed E-state index contributed by atoms with van der Waals surface area (Å²) >= 11 is 0. The molecule has 0 N–H and O–H groups in total. The van der Waals surface area contributed by atoms with E-state index in [1.165, 1.54) is 13.8 Å². The van der Waals surface area contributed by atoms with E-state index >= 15 is 0 Å². The van der Waals surface area contributed by atoms with Crippen LogP contribution in [0.1, 0.15) is 29.8 Å². The summed E-state index contributed by atoms with van der Waals surface area (Å²) < 4.78 is 61.7. The Hall–Kier alpha value is -1.57. The van der Waals surface area contributed by atoms with Gasteiger partial charge in [-0.25, -0.2) is 12.7 Å². The van der Waals surface area contributed by atoms with Gasteiger partial charge in [0.2, 0.25) is 10.0 Å². The highest BCUT2D eigenvalue weighted by Crippen LogP contribution is 2.29. The zero-order chi connectivity index (χ0) is 15.7. The predicted molar refractivity (Wildman–Crippen MR) is 67.6 cm³/mol. The Morgan fingerprint density at radius 2 is 1.80 bits per heavy atom. The summed E-state index contributed by atoms with van der Waals surface area (Å²) in [5.41, 5.74) is -1.33. The van der Waals surface area contributed by atoms with E-state index in [-0.39, 0.29) is 5.56 Å². The lowest BCUT2D eigenvalue weighted by Gasteiger charge is -2.20. The molecule has 0 radical (unpaired) electrons. The molecule has 0 aliphatic rings. The van der Waals surface area contributed by atoms with Crippen molar-refractivity contribution >= 4 is 15.9 Å². The number of benzene rings is 1. The lowest BCUT2D eigenvalue weighted by Crippen LogP contribution is -2.37. The van der Waals surface area contributed by atoms with Crippen molar-refractivity contribution in [2.75, 3.05) is 7.05 Å². The fourth-order valence-electron chi connectivity index (χ4n) is 1.44. The molecule has 1 amide bonds. The van der Waals surface area contributed by atoms with Gasteiger partial charge in [-0.05, 0) is 32.0 Å². The first-order chi connectivity index (χ1) is 8.98. The number of sulfonamides is 1. The van der Waals surface area contributed by atoms with Gasteiger partial charge in [0, 0.05) is 12.6 Å². The second kappa shape index (κ2) is 5.43. The molecule has 4 nitrogen and oxygen atoms in total. The van der Waals surface area contributed by atoms with Gasteiger partial charge in [-0.3, -0.25) is 4.79 Å². The summed E-state index contributed by atoms with van der Waals surface area (Å²) in [4.78, 5) is 12.0. The van der Waals surface area contributed by atoms with Crippen LogP contribution in [0.25, 0.3) is 0 Å². The minimum absolute atomic E-state index is 0.327. The van der Waals surface area contributed by atoms with E-state index in [2.05, 4.69) is 0 Å². The van der Waals surface area contributed by atoms with Gasteiger partial charge in [0.1, 0.15) is 0 Å². The summed E-state index contributed by atoms with van der Waals surface area (Å²) in [6.07, 6.45) is -4.59. The zero-order valence-electron chi connectivity index (χ0n) is 11.1. The molecule has 0 saturated carbocycles. The molecule has 0 heterocycles. The number of carbonyl (C=O) groups excluding carboxylic acids is 1. The molecule has 20 heavy (non-hydrogen) atoms. The number of carbonyl (C=O) groups is 1. The van der Waals surface area contributed by atoms with Gasteiger partial charge in [0.25, 0.3) is 5.91 Å². The van der Waals surface area contributed by atoms with Gasteiger partial charge in [-0.15, -0.1) is 0 Å². The molecular weight excluding hydrogens is 295 g/mol. The standard InChI is InChI=1S/C12H14F3NO3S/c1-8(2)20(18,19)16(3)11(17)9-5-4-6-10(7-9)12(13,14)15/h4-8H,1-3H3. The minimum atomic E-state index is -4.59. The van der Waals surface area contributed by atoms with Crippen LogP contribution in [0.4, 0.5) is 13.2 Å². The molecule has 0 unspecified atom stereocenters. The van der Waals surface area contributed by atoms with E-state index in [1.807, 2.05) is 0 Å². The second-order valence-corrected chi connectivity index (χ2v) is 6.97. The van der Waals surface area contributed by atoms with Crippen LogP contribution < -0.4 is 0 Å². The predicted octanol–water partition coefficient (Wildman–Crippen LogP) is 2.52. The Labute approximate surface area is 115 Å². The quantitative estimate of drug-likeness (QED) is 0.862. The molecule has 0 aromatic heterocycles. The maximum Gasteiger partial charge on any atom is 0.416 e. The first kappa shape index (κ1) is 16.5. The number of nitrogens with zero attached hydrogens (tertiary/aromatic N) is 1. The Morgan fingerprint density at radius 1 is 1.25 bits per heavy atom. The largest absolute Gasteiger partial charge is 0.416 e. The van der Waals surface area contributed by atoms with Crippen LogP contribution in [0.5, 0.6) is 0 Å². The molecule has 1 aromatic carbocycles. The minimum Gasteiger partial charge on any atom is -0.268 e. The average molecular weight is 309 g/mol. The van der Waals surface area contributed by atoms with E-state index in [9.17, 15) is 26.4 Å². The third kappa shape index (κ3) is 3.30. The molecule has 0 atom stereocenters. The monoisotopic (exact) mass is 309 g/mol. The van der Waals surface area contributed by atoms with Gasteiger partial charge < -0.3 is 0 Å². The lowest BCUT2D eigenvalue weighted by atomic mass is 10.1. The van der Waals surface area contributed by atoms with Crippen LogP contribution in [-0.2, 0) is 16.2 Å². The van der Waals surface area contributed by atoms with Gasteiger partial charge in [-0.1, -0.05) is 6.07 Å². The Balaban J connectivity index is 3.17. The second-order valence-electron chi connectivity index (χ2n) is 4.44. The van der Waals surface area contributed by atoms with E-state index < -0.39 is 32.9 Å². The number of amides is 1. The summed E-state index contributed by atoms with van der Waals surface area (Å²) in [6.45, 7) is 2.76. The number of rotatable bonds is 3. The molecule has 112 valence electrons. The smallest absolute Gasteiger partial charge is 0.268 e. The average Bonchev–Trinajstić information content (AvgIpc) is 2.35. The molecule has 1 rings (SSSR count). The van der Waals surface area contributed by atoms with Crippen molar-refractivity contribution in [2.24, 2.45) is 0 Å². The molecule has 8 heteroatoms. The van der Waals surface area contributed by atoms with E-state index in [1.54, 1.807) is 0 Å². The molecule has 0 bridgehead atoms. The van der Waals surface area contributed by atoms with E-state index in [0.29, 0.717) is 10.4 Å². The first-order valence-electron chi connectivity index (χ1n) is 5.67. The molecule has 0 spiro atoms. The van der Waals surface area contributed by atoms with E-state index in [0.717, 1.165) is 25.2 Å². The summed E-state index contributed by atoms with van der Waals surface area (Å²) in [5.74, 6) is -0.996. The van der Waals surface area contributed by atoms with Crippen LogP contribution in [0.2, 0.25) is 0 Å². The van der Waals surface area contributed by atoms with Crippen molar-refractivity contribution in [3.05, 3.63) is 35.4 Å². The topological polar surface area (TPSA) is 54.5 Å². The number of halogens is 3. The number of hydrogen-bond donors (Lipinski definition) is 0. The third-order valence-electron chi connectivity index (χ3n) is 2.70. The summed E-state index contributed by atoms with van der Waals surface area (Å²) in [6, 6.07) is 3.65. The highest BCUT2D eigenvalue weighted by atomic mass is 32.2. The maximum absolute atomic E-state index is 12.6. The van der Waals surface area contributed by atoms with Crippen LogP contribution in [0, 0.1) is 0 Å². The van der Waals surface area contributed by atoms with Crippen molar-refractivity contribution in [3.63, 3.8) is 0 Å². The normalized spacial score (nSPS) is 12.6. The van der Waals surface area contributed by atoms with Crippen LogP contribution >= 0.6 is 0 Å². The molecule has 0 aliphatic carbocycles. The van der Waals surface area contributed by atoms with Crippen molar-refractivity contribution < 1.29 is 26.4 Å². The SMILES string of the molecule is CC(C)S(=O)(=O)N(C)C(=O)c1cccc(C(F)(F)F)c1. The van der Waals surface area contributed by atoms with Gasteiger partial charge in [0.05, 0.1) is 10.8 Å². The van der Waals surface area contributed by atoms with Crippen LogP contribution in [0.15, 0.2) is 24.3 Å². The molecule has 0 saturated heterocycles. The van der Waals surface area contributed by atoms with Gasteiger partial charge in [0.15, 0.2) is 0 Å². The summed E-state index contributed by atoms with van der Waals surface area (Å²) in [7, 11) is -2.84. The van der Waals surface area contributed by atoms with Crippen molar-refractivity contribution in [1.82, 2.24) is 4.31 Å². The van der Waals surface area contributed by atoms with E-state index in [4.69, 9.17) is 0 Å². The van der Waals surface area contributed by atoms with Crippen molar-refractivity contribution in [1.29, 1.82) is 0 Å². The zero-order valence-corrected chi connectivity index (χ0v) is 11.9. The van der Waals surface area contributed by atoms with Crippen LogP contribution in [0.3, 0.4) is 0 Å². The van der Waals surface area contributed by atoms with Crippen molar-refractivity contribution in [3.8, 4) is 0 Å². The van der Waals surface area contributed by atoms with Crippen LogP contribution in [-0.4, -0.2) is 30.9 Å². The van der Waals surface area contributed by atoms with Gasteiger partial charge >= 0.3 is 6.18 Å². The molecule has 0 aliphatic heterocycles. The highest BCUT2D eigenvalue weighted by molar-refractivity contribution is 7.90. The highest BCUT2D eigenvalue weighted by Gasteiger charge is 2.32. The first-order valence-corrected chi connectivity index (χ1v) is 7.17. The fourth-order valence-corrected chi connectivity index (χ4v) is 2.41. The molecule has 1 aromatic rings. The maximum atomic E-state index is 12.6. The Kier molecular flexibility index (Phi) is 4.48. The molecular formula is C12H14F3NO3S. The lowest BCUT2D eigenvalue weighted by molar-refractivity contribution is -0.137. The number of alkyl halides is 3. The summed E-state index contributed by atoms with van der Waals surface area (Å²) in [5, 5.41) is -0.845. The van der Waals surface area contributed by atoms with Crippen molar-refractivity contribution in [2.45, 2.75) is 25.3 Å². The van der Waals surface area contributed by atoms with Gasteiger partial charge in [-0.2, -0.15) is 13.2 Å². The Morgan fingerprint density at radius 3 is 2.25 bits per heavy atom. The number of hydrogen-bond acceptors (Lipinski definition) is 3. The third-order valence-corrected chi connectivity index (χ3v) is 4.82. The Bertz CT molecular complexity index is 609. The molecule has 0 fully saturated rings. The fraction of sp³-hybridized carbons (Fsp3) is 0.417.